The summed E-state index contributed by atoms with van der Waals surface area (Å²) in [4.78, 5) is 4.21. The number of hydrogen-bond acceptors (Lipinski definition) is 2. The lowest BCUT2D eigenvalue weighted by Gasteiger charge is -2.20. The molecule has 0 N–H and O–H groups in total. The number of halogens is 1. The van der Waals surface area contributed by atoms with Gasteiger partial charge in [0, 0.05) is 17.8 Å². The molecule has 1 fully saturated rings. The highest BCUT2D eigenvalue weighted by molar-refractivity contribution is 9.10. The summed E-state index contributed by atoms with van der Waals surface area (Å²) >= 11 is 3.55. The van der Waals surface area contributed by atoms with Crippen molar-refractivity contribution in [1.29, 1.82) is 0 Å². The first-order chi connectivity index (χ1) is 7.15. The largest absolute Gasteiger partial charge is 0.376 e. The number of nitrogens with zero attached hydrogens (tertiary/aromatic N) is 1. The van der Waals surface area contributed by atoms with Crippen LogP contribution < -0.4 is 5.46 Å². The maximum atomic E-state index is 5.96. The molecule has 1 aliphatic carbocycles. The number of rotatable bonds is 3. The molecule has 0 aliphatic heterocycles. The number of hydrogen-bond donors (Lipinski definition) is 0. The zero-order valence-electron chi connectivity index (χ0n) is 8.96. The summed E-state index contributed by atoms with van der Waals surface area (Å²) in [6.45, 7) is 1.96. The molecule has 0 bridgehead atoms. The van der Waals surface area contributed by atoms with Gasteiger partial charge in [-0.2, -0.15) is 0 Å². The summed E-state index contributed by atoms with van der Waals surface area (Å²) < 4.78 is 6.53. The lowest BCUT2D eigenvalue weighted by Crippen LogP contribution is -2.19. The van der Waals surface area contributed by atoms with Crippen LogP contribution in [-0.4, -0.2) is 19.9 Å². The van der Waals surface area contributed by atoms with Gasteiger partial charge in [0.1, 0.15) is 7.85 Å². The number of pyridine rings is 1. The normalized spacial score (nSPS) is 17.8. The molecule has 1 aromatic heterocycles. The van der Waals surface area contributed by atoms with Crippen LogP contribution >= 0.6 is 15.9 Å². The molecule has 0 aromatic carbocycles. The zero-order chi connectivity index (χ0) is 11.0. The van der Waals surface area contributed by atoms with Gasteiger partial charge in [0.25, 0.3) is 0 Å². The van der Waals surface area contributed by atoms with Gasteiger partial charge in [0.05, 0.1) is 11.8 Å². The van der Waals surface area contributed by atoms with Crippen molar-refractivity contribution in [3.05, 3.63) is 21.9 Å². The van der Waals surface area contributed by atoms with Crippen molar-refractivity contribution in [1.82, 2.24) is 4.98 Å². The lowest BCUT2D eigenvalue weighted by molar-refractivity contribution is 0.0847. The van der Waals surface area contributed by atoms with E-state index in [2.05, 4.69) is 20.9 Å². The fraction of sp³-hybridized carbons (Fsp3) is 0.545. The van der Waals surface area contributed by atoms with Crippen molar-refractivity contribution in [2.45, 2.75) is 25.9 Å². The van der Waals surface area contributed by atoms with Crippen LogP contribution in [0, 0.1) is 12.8 Å². The second-order valence-corrected chi connectivity index (χ2v) is 4.81. The summed E-state index contributed by atoms with van der Waals surface area (Å²) in [6, 6.07) is 0. The van der Waals surface area contributed by atoms with Crippen molar-refractivity contribution < 1.29 is 4.74 Å². The molecule has 0 amide bonds. The molecular weight excluding hydrogens is 253 g/mol. The predicted molar refractivity (Wildman–Crippen MR) is 64.5 cm³/mol. The predicted octanol–water partition coefficient (Wildman–Crippen LogP) is 2.04. The van der Waals surface area contributed by atoms with Crippen molar-refractivity contribution in [3.8, 4) is 0 Å². The first-order valence-electron chi connectivity index (χ1n) is 5.08. The van der Waals surface area contributed by atoms with Crippen LogP contribution in [0.2, 0.25) is 0 Å². The molecular formula is C11H13BBrNO. The molecule has 4 heteroatoms. The minimum Gasteiger partial charge on any atom is -0.376 e. The van der Waals surface area contributed by atoms with Crippen LogP contribution in [0.5, 0.6) is 0 Å². The topological polar surface area (TPSA) is 22.1 Å². The number of ether oxygens (including phenoxy) is 1. The summed E-state index contributed by atoms with van der Waals surface area (Å²) in [5, 5.41) is 0. The summed E-state index contributed by atoms with van der Waals surface area (Å²) in [5.41, 5.74) is 2.74. The Morgan fingerprint density at radius 2 is 2.27 bits per heavy atom. The SMILES string of the molecule is [B]c1cnc(C)c(Br)c1C(OC)C1CC1. The van der Waals surface area contributed by atoms with Crippen LogP contribution in [0.25, 0.3) is 0 Å². The van der Waals surface area contributed by atoms with Crippen molar-refractivity contribution in [2.75, 3.05) is 7.11 Å². The van der Waals surface area contributed by atoms with E-state index in [0.717, 1.165) is 15.7 Å². The molecule has 1 aromatic rings. The summed E-state index contributed by atoms with van der Waals surface area (Å²) in [6.07, 6.45) is 4.28. The molecule has 2 rings (SSSR count). The van der Waals surface area contributed by atoms with Crippen molar-refractivity contribution in [2.24, 2.45) is 5.92 Å². The maximum Gasteiger partial charge on any atom is 0.116 e. The van der Waals surface area contributed by atoms with Gasteiger partial charge in [0.15, 0.2) is 0 Å². The molecule has 0 spiro atoms. The Hall–Kier alpha value is -0.345. The molecule has 78 valence electrons. The van der Waals surface area contributed by atoms with E-state index in [-0.39, 0.29) is 6.10 Å². The van der Waals surface area contributed by atoms with Gasteiger partial charge in [-0.3, -0.25) is 4.98 Å². The van der Waals surface area contributed by atoms with E-state index in [1.54, 1.807) is 13.3 Å². The Morgan fingerprint density at radius 1 is 1.60 bits per heavy atom. The second-order valence-electron chi connectivity index (χ2n) is 4.02. The van der Waals surface area contributed by atoms with Gasteiger partial charge in [0.2, 0.25) is 0 Å². The van der Waals surface area contributed by atoms with Gasteiger partial charge in [-0.25, -0.2) is 0 Å². The standard InChI is InChI=1S/C11H13BBrNO/c1-6-10(13)9(8(12)5-14-6)11(15-2)7-3-4-7/h5,7,11H,3-4H2,1-2H3. The van der Waals surface area contributed by atoms with Crippen LogP contribution in [0.4, 0.5) is 0 Å². The van der Waals surface area contributed by atoms with Crippen LogP contribution in [-0.2, 0) is 4.74 Å². The Bertz CT molecular complexity index is 379. The van der Waals surface area contributed by atoms with E-state index in [0.29, 0.717) is 11.4 Å². The van der Waals surface area contributed by atoms with E-state index in [9.17, 15) is 0 Å². The van der Waals surface area contributed by atoms with Crippen molar-refractivity contribution >= 4 is 29.2 Å². The van der Waals surface area contributed by atoms with Gasteiger partial charge in [-0.1, -0.05) is 5.46 Å². The van der Waals surface area contributed by atoms with Crippen LogP contribution in [0.15, 0.2) is 10.7 Å². The summed E-state index contributed by atoms with van der Waals surface area (Å²) in [5.74, 6) is 0.621. The number of aromatic nitrogens is 1. The molecule has 1 saturated carbocycles. The summed E-state index contributed by atoms with van der Waals surface area (Å²) in [7, 11) is 7.70. The molecule has 1 unspecified atom stereocenters. The highest BCUT2D eigenvalue weighted by atomic mass is 79.9. The molecule has 1 aliphatic rings. The Kier molecular flexibility index (Phi) is 3.17. The minimum atomic E-state index is 0.112. The van der Waals surface area contributed by atoms with Gasteiger partial charge >= 0.3 is 0 Å². The Labute approximate surface area is 100.0 Å². The maximum absolute atomic E-state index is 5.96. The fourth-order valence-corrected chi connectivity index (χ4v) is 2.41. The van der Waals surface area contributed by atoms with Crippen molar-refractivity contribution in [3.63, 3.8) is 0 Å². The molecule has 0 saturated heterocycles. The van der Waals surface area contributed by atoms with E-state index in [4.69, 9.17) is 12.6 Å². The molecule has 1 heterocycles. The lowest BCUT2D eigenvalue weighted by atomic mass is 9.88. The number of aryl methyl sites for hydroxylation is 1. The Balaban J connectivity index is 2.44. The zero-order valence-corrected chi connectivity index (χ0v) is 10.5. The minimum absolute atomic E-state index is 0.112. The average molecular weight is 266 g/mol. The molecule has 2 nitrogen and oxygen atoms in total. The van der Waals surface area contributed by atoms with E-state index < -0.39 is 0 Å². The first kappa shape index (κ1) is 11.1. The highest BCUT2D eigenvalue weighted by Crippen LogP contribution is 2.44. The van der Waals surface area contributed by atoms with E-state index in [1.807, 2.05) is 6.92 Å². The number of methoxy groups -OCH3 is 1. The quantitative estimate of drug-likeness (QED) is 0.781. The third-order valence-corrected chi connectivity index (χ3v) is 3.85. The van der Waals surface area contributed by atoms with Gasteiger partial charge in [-0.15, -0.1) is 0 Å². The van der Waals surface area contributed by atoms with Crippen LogP contribution in [0.1, 0.15) is 30.2 Å². The van der Waals surface area contributed by atoms with E-state index in [1.165, 1.54) is 12.8 Å². The molecule has 1 atom stereocenters. The Morgan fingerprint density at radius 3 is 2.80 bits per heavy atom. The smallest absolute Gasteiger partial charge is 0.116 e. The van der Waals surface area contributed by atoms with Gasteiger partial charge < -0.3 is 4.74 Å². The fourth-order valence-electron chi connectivity index (χ4n) is 1.85. The van der Waals surface area contributed by atoms with E-state index >= 15 is 0 Å². The second kappa shape index (κ2) is 4.26. The molecule has 2 radical (unpaired) electrons. The van der Waals surface area contributed by atoms with Gasteiger partial charge in [-0.05, 0) is 47.2 Å². The highest BCUT2D eigenvalue weighted by Gasteiger charge is 2.34. The molecule has 15 heavy (non-hydrogen) atoms. The third-order valence-electron chi connectivity index (χ3n) is 2.85. The third kappa shape index (κ3) is 2.11. The monoisotopic (exact) mass is 265 g/mol. The average Bonchev–Trinajstić information content (AvgIpc) is 3.02. The first-order valence-corrected chi connectivity index (χ1v) is 5.87. The van der Waals surface area contributed by atoms with Crippen LogP contribution in [0.3, 0.4) is 0 Å².